The molecule has 0 atom stereocenters. The van der Waals surface area contributed by atoms with Gasteiger partial charge in [-0.15, -0.1) is 0 Å². The number of hydrogen-bond acceptors (Lipinski definition) is 6. The highest BCUT2D eigenvalue weighted by Crippen LogP contribution is 2.22. The predicted octanol–water partition coefficient (Wildman–Crippen LogP) is 2.44. The minimum Gasteiger partial charge on any atom is -0.356 e. The summed E-state index contributed by atoms with van der Waals surface area (Å²) in [5.41, 5.74) is 2.66. The van der Waals surface area contributed by atoms with Crippen LogP contribution in [0.2, 0.25) is 0 Å². The molecule has 2 heterocycles. The van der Waals surface area contributed by atoms with Crippen molar-refractivity contribution in [3.8, 4) is 11.6 Å². The summed E-state index contributed by atoms with van der Waals surface area (Å²) in [6.45, 7) is 7.18. The molecule has 1 aromatic carbocycles. The molecular weight excluding hydrogens is 344 g/mol. The van der Waals surface area contributed by atoms with Crippen LogP contribution in [0.25, 0.3) is 11.6 Å². The van der Waals surface area contributed by atoms with Crippen molar-refractivity contribution in [1.82, 2.24) is 30.6 Å². The van der Waals surface area contributed by atoms with Gasteiger partial charge in [0.05, 0.1) is 0 Å². The van der Waals surface area contributed by atoms with Crippen LogP contribution in [0.1, 0.15) is 44.2 Å². The second-order valence-corrected chi connectivity index (χ2v) is 7.39. The third-order valence-electron chi connectivity index (χ3n) is 4.22. The summed E-state index contributed by atoms with van der Waals surface area (Å²) in [7, 11) is 0. The van der Waals surface area contributed by atoms with Gasteiger partial charge in [0.25, 0.3) is 0 Å². The van der Waals surface area contributed by atoms with E-state index in [0.29, 0.717) is 36.9 Å². The monoisotopic (exact) mass is 368 g/mol. The Bertz CT molecular complexity index is 862. The van der Waals surface area contributed by atoms with E-state index in [1.165, 1.54) is 17.5 Å². The fraction of sp³-hybridized carbons (Fsp3) is 0.421. The van der Waals surface area contributed by atoms with E-state index in [2.05, 4.69) is 75.7 Å². The topological polar surface area (TPSA) is 110 Å². The van der Waals surface area contributed by atoms with Gasteiger partial charge in [-0.25, -0.2) is 4.98 Å². The second kappa shape index (κ2) is 8.11. The summed E-state index contributed by atoms with van der Waals surface area (Å²) in [4.78, 5) is 20.1. The van der Waals surface area contributed by atoms with Gasteiger partial charge in [0.1, 0.15) is 6.33 Å². The molecule has 0 bridgehead atoms. The number of amides is 1. The highest BCUT2D eigenvalue weighted by molar-refractivity contribution is 5.76. The normalized spacial score (nSPS) is 11.5. The van der Waals surface area contributed by atoms with Crippen LogP contribution in [0.15, 0.2) is 35.1 Å². The summed E-state index contributed by atoms with van der Waals surface area (Å²) in [6.07, 6.45) is 2.84. The molecular formula is C19H24N6O2. The maximum absolute atomic E-state index is 12.0. The molecule has 3 rings (SSSR count). The Morgan fingerprint density at radius 1 is 1.19 bits per heavy atom. The Morgan fingerprint density at radius 3 is 2.63 bits per heavy atom. The Kier molecular flexibility index (Phi) is 5.63. The zero-order chi connectivity index (χ0) is 19.3. The number of aromatic nitrogens is 5. The number of hydrogen-bond donors (Lipinski definition) is 2. The SMILES string of the molecule is CC(C)(C)c1ccc(CCNC(=O)CCc2nc(-c3ncn[nH]3)no2)cc1. The molecule has 0 fully saturated rings. The molecule has 0 aliphatic rings. The van der Waals surface area contributed by atoms with Crippen molar-refractivity contribution in [2.75, 3.05) is 6.54 Å². The average Bonchev–Trinajstić information content (AvgIpc) is 3.31. The number of H-pyrrole nitrogens is 1. The number of aryl methyl sites for hydroxylation is 1. The van der Waals surface area contributed by atoms with Gasteiger partial charge in [0.2, 0.25) is 17.6 Å². The lowest BCUT2D eigenvalue weighted by Gasteiger charge is -2.19. The van der Waals surface area contributed by atoms with Crippen LogP contribution in [0.5, 0.6) is 0 Å². The minimum absolute atomic E-state index is 0.0410. The van der Waals surface area contributed by atoms with Crippen molar-refractivity contribution in [2.45, 2.75) is 45.4 Å². The third-order valence-corrected chi connectivity index (χ3v) is 4.22. The zero-order valence-corrected chi connectivity index (χ0v) is 15.8. The van der Waals surface area contributed by atoms with Crippen LogP contribution >= 0.6 is 0 Å². The molecule has 0 radical (unpaired) electrons. The second-order valence-electron chi connectivity index (χ2n) is 7.39. The van der Waals surface area contributed by atoms with E-state index in [9.17, 15) is 4.79 Å². The van der Waals surface area contributed by atoms with Crippen LogP contribution in [0, 0.1) is 0 Å². The van der Waals surface area contributed by atoms with Crippen LogP contribution in [0.3, 0.4) is 0 Å². The van der Waals surface area contributed by atoms with Gasteiger partial charge in [0.15, 0.2) is 5.82 Å². The zero-order valence-electron chi connectivity index (χ0n) is 15.8. The fourth-order valence-corrected chi connectivity index (χ4v) is 2.59. The van der Waals surface area contributed by atoms with E-state index in [1.54, 1.807) is 0 Å². The molecule has 2 N–H and O–H groups in total. The molecule has 142 valence electrons. The van der Waals surface area contributed by atoms with Gasteiger partial charge in [-0.3, -0.25) is 9.89 Å². The highest BCUT2D eigenvalue weighted by atomic mass is 16.5. The van der Waals surface area contributed by atoms with Crippen molar-refractivity contribution in [3.63, 3.8) is 0 Å². The third kappa shape index (κ3) is 5.22. The molecule has 1 amide bonds. The lowest BCUT2D eigenvalue weighted by Crippen LogP contribution is -2.25. The number of rotatable bonds is 7. The number of carbonyl (C=O) groups is 1. The van der Waals surface area contributed by atoms with E-state index in [-0.39, 0.29) is 11.3 Å². The van der Waals surface area contributed by atoms with Gasteiger partial charge in [-0.2, -0.15) is 10.1 Å². The minimum atomic E-state index is -0.0410. The van der Waals surface area contributed by atoms with E-state index >= 15 is 0 Å². The highest BCUT2D eigenvalue weighted by Gasteiger charge is 2.13. The number of nitrogens with zero attached hydrogens (tertiary/aromatic N) is 4. The summed E-state index contributed by atoms with van der Waals surface area (Å²) in [6, 6.07) is 8.55. The van der Waals surface area contributed by atoms with Gasteiger partial charge in [0, 0.05) is 19.4 Å². The van der Waals surface area contributed by atoms with E-state index in [1.807, 2.05) is 0 Å². The summed E-state index contributed by atoms with van der Waals surface area (Å²) in [5, 5.41) is 13.1. The average molecular weight is 368 g/mol. The molecule has 0 aliphatic heterocycles. The maximum atomic E-state index is 12.0. The molecule has 3 aromatic rings. The smallest absolute Gasteiger partial charge is 0.239 e. The first-order valence-corrected chi connectivity index (χ1v) is 8.96. The van der Waals surface area contributed by atoms with Crippen molar-refractivity contribution in [2.24, 2.45) is 0 Å². The number of carbonyl (C=O) groups excluding carboxylic acids is 1. The Hall–Kier alpha value is -3.03. The molecule has 8 heteroatoms. The quantitative estimate of drug-likeness (QED) is 0.663. The van der Waals surface area contributed by atoms with Crippen molar-refractivity contribution >= 4 is 5.91 Å². The van der Waals surface area contributed by atoms with Gasteiger partial charge >= 0.3 is 0 Å². The van der Waals surface area contributed by atoms with Gasteiger partial charge in [-0.1, -0.05) is 50.2 Å². The Labute approximate surface area is 157 Å². The number of benzene rings is 1. The van der Waals surface area contributed by atoms with Gasteiger partial charge in [-0.05, 0) is 23.0 Å². The molecule has 2 aromatic heterocycles. The standard InChI is InChI=1S/C19H24N6O2/c1-19(2,3)14-6-4-13(5-7-14)10-11-20-15(26)8-9-16-23-18(25-27-16)17-21-12-22-24-17/h4-7,12H,8-11H2,1-3H3,(H,20,26)(H,21,22,24). The largest absolute Gasteiger partial charge is 0.356 e. The molecule has 0 unspecified atom stereocenters. The first-order valence-electron chi connectivity index (χ1n) is 8.96. The number of aromatic amines is 1. The Balaban J connectivity index is 1.40. The molecule has 0 saturated heterocycles. The van der Waals surface area contributed by atoms with Crippen molar-refractivity contribution in [3.05, 3.63) is 47.6 Å². The Morgan fingerprint density at radius 2 is 1.96 bits per heavy atom. The van der Waals surface area contributed by atoms with Crippen LogP contribution in [0.4, 0.5) is 0 Å². The van der Waals surface area contributed by atoms with E-state index in [0.717, 1.165) is 6.42 Å². The predicted molar refractivity (Wildman–Crippen MR) is 99.9 cm³/mol. The first kappa shape index (κ1) is 18.8. The van der Waals surface area contributed by atoms with Crippen molar-refractivity contribution in [1.29, 1.82) is 0 Å². The molecule has 0 aliphatic carbocycles. The fourth-order valence-electron chi connectivity index (χ4n) is 2.59. The first-order chi connectivity index (χ1) is 12.9. The van der Waals surface area contributed by atoms with Crippen LogP contribution in [-0.4, -0.2) is 37.8 Å². The van der Waals surface area contributed by atoms with Crippen molar-refractivity contribution < 1.29 is 9.32 Å². The van der Waals surface area contributed by atoms with Crippen LogP contribution < -0.4 is 5.32 Å². The van der Waals surface area contributed by atoms with E-state index < -0.39 is 0 Å². The molecule has 0 saturated carbocycles. The summed E-state index contributed by atoms with van der Waals surface area (Å²) < 4.78 is 5.12. The molecule has 0 spiro atoms. The lowest BCUT2D eigenvalue weighted by atomic mass is 9.86. The van der Waals surface area contributed by atoms with E-state index in [4.69, 9.17) is 4.52 Å². The summed E-state index contributed by atoms with van der Waals surface area (Å²) >= 11 is 0. The number of nitrogens with one attached hydrogen (secondary N) is 2. The summed E-state index contributed by atoms with van der Waals surface area (Å²) in [5.74, 6) is 1.13. The molecule has 8 nitrogen and oxygen atoms in total. The van der Waals surface area contributed by atoms with Crippen LogP contribution in [-0.2, 0) is 23.1 Å². The maximum Gasteiger partial charge on any atom is 0.239 e. The van der Waals surface area contributed by atoms with Gasteiger partial charge < -0.3 is 9.84 Å². The lowest BCUT2D eigenvalue weighted by molar-refractivity contribution is -0.121. The molecule has 27 heavy (non-hydrogen) atoms.